The zero-order chi connectivity index (χ0) is 19.5. The molecule has 148 valence electrons. The molecule has 0 aliphatic rings. The standard InChI is InChI=1S/C21H27F2NO3/c1-26-11-5-10-24(13-18-8-9-19(22)12-21(18)23)14-20(25)16-27-15-17-6-3-2-4-7-17/h2-4,6-9,12,20,25H,5,10-11,13-16H2,1H3/t20-/m1/s1. The molecule has 0 radical (unpaired) electrons. The SMILES string of the molecule is COCCCN(Cc1ccc(F)cc1F)C[C@@H](O)COCc1ccccc1. The summed E-state index contributed by atoms with van der Waals surface area (Å²) in [7, 11) is 1.62. The Balaban J connectivity index is 1.86. The van der Waals surface area contributed by atoms with Crippen molar-refractivity contribution in [3.63, 3.8) is 0 Å². The van der Waals surface area contributed by atoms with Crippen LogP contribution >= 0.6 is 0 Å². The molecule has 0 saturated heterocycles. The molecule has 27 heavy (non-hydrogen) atoms. The highest BCUT2D eigenvalue weighted by Gasteiger charge is 2.15. The highest BCUT2D eigenvalue weighted by atomic mass is 19.1. The number of benzene rings is 2. The van der Waals surface area contributed by atoms with Gasteiger partial charge in [0, 0.05) is 45.0 Å². The number of aliphatic hydroxyl groups is 1. The fraction of sp³-hybridized carbons (Fsp3) is 0.429. The van der Waals surface area contributed by atoms with Crippen LogP contribution in [-0.4, -0.2) is 49.5 Å². The lowest BCUT2D eigenvalue weighted by Gasteiger charge is -2.25. The van der Waals surface area contributed by atoms with Crippen LogP contribution in [0.15, 0.2) is 48.5 Å². The van der Waals surface area contributed by atoms with Gasteiger partial charge in [0.15, 0.2) is 0 Å². The van der Waals surface area contributed by atoms with Crippen LogP contribution in [0.4, 0.5) is 8.78 Å². The lowest BCUT2D eigenvalue weighted by Crippen LogP contribution is -2.35. The summed E-state index contributed by atoms with van der Waals surface area (Å²) in [6.45, 7) is 2.42. The quantitative estimate of drug-likeness (QED) is 0.574. The number of ether oxygens (including phenoxy) is 2. The zero-order valence-electron chi connectivity index (χ0n) is 15.6. The number of nitrogens with zero attached hydrogens (tertiary/aromatic N) is 1. The van der Waals surface area contributed by atoms with Crippen LogP contribution in [0.5, 0.6) is 0 Å². The van der Waals surface area contributed by atoms with Gasteiger partial charge < -0.3 is 14.6 Å². The summed E-state index contributed by atoms with van der Waals surface area (Å²) in [6.07, 6.45) is 0.0384. The van der Waals surface area contributed by atoms with Crippen molar-refractivity contribution in [2.45, 2.75) is 25.7 Å². The van der Waals surface area contributed by atoms with Gasteiger partial charge in [0.1, 0.15) is 11.6 Å². The van der Waals surface area contributed by atoms with Gasteiger partial charge in [-0.25, -0.2) is 8.78 Å². The maximum absolute atomic E-state index is 13.9. The Morgan fingerprint density at radius 2 is 1.89 bits per heavy atom. The lowest BCUT2D eigenvalue weighted by molar-refractivity contribution is 0.00723. The topological polar surface area (TPSA) is 41.9 Å². The number of aliphatic hydroxyl groups excluding tert-OH is 1. The van der Waals surface area contributed by atoms with Crippen molar-refractivity contribution in [2.75, 3.05) is 33.4 Å². The molecule has 1 atom stereocenters. The summed E-state index contributed by atoms with van der Waals surface area (Å²) >= 11 is 0. The van der Waals surface area contributed by atoms with E-state index in [0.717, 1.165) is 18.1 Å². The number of rotatable bonds is 12. The minimum Gasteiger partial charge on any atom is -0.389 e. The molecule has 0 aliphatic carbocycles. The molecule has 0 unspecified atom stereocenters. The Bertz CT molecular complexity index is 670. The van der Waals surface area contributed by atoms with Crippen LogP contribution in [0.2, 0.25) is 0 Å². The molecule has 0 amide bonds. The first kappa shape index (κ1) is 21.4. The molecule has 0 aromatic heterocycles. The fourth-order valence-corrected chi connectivity index (χ4v) is 2.80. The van der Waals surface area contributed by atoms with Crippen molar-refractivity contribution >= 4 is 0 Å². The van der Waals surface area contributed by atoms with Gasteiger partial charge in [-0.1, -0.05) is 36.4 Å². The van der Waals surface area contributed by atoms with E-state index in [2.05, 4.69) is 0 Å². The van der Waals surface area contributed by atoms with Gasteiger partial charge in [0.2, 0.25) is 0 Å². The first-order chi connectivity index (χ1) is 13.1. The largest absolute Gasteiger partial charge is 0.389 e. The van der Waals surface area contributed by atoms with Crippen LogP contribution in [0.25, 0.3) is 0 Å². The maximum atomic E-state index is 13.9. The first-order valence-electron chi connectivity index (χ1n) is 9.03. The summed E-state index contributed by atoms with van der Waals surface area (Å²) in [5.41, 5.74) is 1.43. The third-order valence-corrected chi connectivity index (χ3v) is 4.12. The van der Waals surface area contributed by atoms with Gasteiger partial charge in [-0.15, -0.1) is 0 Å². The highest BCUT2D eigenvalue weighted by Crippen LogP contribution is 2.13. The number of hydrogen-bond acceptors (Lipinski definition) is 4. The zero-order valence-corrected chi connectivity index (χ0v) is 15.6. The van der Waals surface area contributed by atoms with Crippen molar-refractivity contribution in [1.82, 2.24) is 4.90 Å². The summed E-state index contributed by atoms with van der Waals surface area (Å²) in [4.78, 5) is 1.92. The van der Waals surface area contributed by atoms with Crippen molar-refractivity contribution < 1.29 is 23.4 Å². The van der Waals surface area contributed by atoms with Crippen molar-refractivity contribution in [1.29, 1.82) is 0 Å². The number of methoxy groups -OCH3 is 1. The fourth-order valence-electron chi connectivity index (χ4n) is 2.80. The second-order valence-corrected chi connectivity index (χ2v) is 6.47. The van der Waals surface area contributed by atoms with Gasteiger partial charge in [0.05, 0.1) is 19.3 Å². The first-order valence-corrected chi connectivity index (χ1v) is 9.03. The van der Waals surface area contributed by atoms with Crippen LogP contribution in [-0.2, 0) is 22.6 Å². The van der Waals surface area contributed by atoms with E-state index in [0.29, 0.717) is 31.9 Å². The van der Waals surface area contributed by atoms with E-state index in [-0.39, 0.29) is 13.2 Å². The molecule has 0 heterocycles. The average molecular weight is 379 g/mol. The van der Waals surface area contributed by atoms with Gasteiger partial charge >= 0.3 is 0 Å². The Labute approximate surface area is 159 Å². The summed E-state index contributed by atoms with van der Waals surface area (Å²) in [6, 6.07) is 13.3. The predicted octanol–water partition coefficient (Wildman–Crippen LogP) is 3.38. The monoisotopic (exact) mass is 379 g/mol. The van der Waals surface area contributed by atoms with Gasteiger partial charge in [-0.05, 0) is 18.1 Å². The van der Waals surface area contributed by atoms with Crippen molar-refractivity contribution in [3.05, 3.63) is 71.3 Å². The normalized spacial score (nSPS) is 12.5. The van der Waals surface area contributed by atoms with E-state index in [9.17, 15) is 13.9 Å². The van der Waals surface area contributed by atoms with Gasteiger partial charge in [-0.2, -0.15) is 0 Å². The molecule has 0 bridgehead atoms. The third-order valence-electron chi connectivity index (χ3n) is 4.12. The van der Waals surface area contributed by atoms with Gasteiger partial charge in [-0.3, -0.25) is 4.90 Å². The van der Waals surface area contributed by atoms with E-state index in [1.807, 2.05) is 35.2 Å². The molecule has 0 fully saturated rings. The van der Waals surface area contributed by atoms with Crippen LogP contribution < -0.4 is 0 Å². The minimum atomic E-state index is -0.709. The van der Waals surface area contributed by atoms with Crippen LogP contribution in [0, 0.1) is 11.6 Å². The summed E-state index contributed by atoms with van der Waals surface area (Å²) in [5, 5.41) is 10.3. The molecule has 2 rings (SSSR count). The van der Waals surface area contributed by atoms with Crippen molar-refractivity contribution in [2.24, 2.45) is 0 Å². The molecule has 2 aromatic carbocycles. The predicted molar refractivity (Wildman–Crippen MR) is 100 cm³/mol. The molecule has 0 spiro atoms. The molecule has 6 heteroatoms. The number of halogens is 2. The Morgan fingerprint density at radius 3 is 2.59 bits per heavy atom. The second-order valence-electron chi connectivity index (χ2n) is 6.47. The molecule has 4 nitrogen and oxygen atoms in total. The van der Waals surface area contributed by atoms with E-state index in [1.165, 1.54) is 12.1 Å². The van der Waals surface area contributed by atoms with E-state index < -0.39 is 17.7 Å². The molecule has 1 N–H and O–H groups in total. The van der Waals surface area contributed by atoms with E-state index in [4.69, 9.17) is 9.47 Å². The molecular weight excluding hydrogens is 352 g/mol. The Kier molecular flexibility index (Phi) is 9.35. The van der Waals surface area contributed by atoms with E-state index in [1.54, 1.807) is 7.11 Å². The number of hydrogen-bond donors (Lipinski definition) is 1. The van der Waals surface area contributed by atoms with Gasteiger partial charge in [0.25, 0.3) is 0 Å². The Hall–Kier alpha value is -1.86. The summed E-state index contributed by atoms with van der Waals surface area (Å²) in [5.74, 6) is -1.18. The molecule has 2 aromatic rings. The van der Waals surface area contributed by atoms with E-state index >= 15 is 0 Å². The summed E-state index contributed by atoms with van der Waals surface area (Å²) < 4.78 is 37.7. The minimum absolute atomic E-state index is 0.182. The van der Waals surface area contributed by atoms with Crippen LogP contribution in [0.1, 0.15) is 17.5 Å². The maximum Gasteiger partial charge on any atom is 0.130 e. The smallest absolute Gasteiger partial charge is 0.130 e. The van der Waals surface area contributed by atoms with Crippen molar-refractivity contribution in [3.8, 4) is 0 Å². The Morgan fingerprint density at radius 1 is 1.11 bits per heavy atom. The highest BCUT2D eigenvalue weighted by molar-refractivity contribution is 5.18. The lowest BCUT2D eigenvalue weighted by atomic mass is 10.1. The molecule has 0 saturated carbocycles. The molecule has 0 aliphatic heterocycles. The van der Waals surface area contributed by atoms with Crippen LogP contribution in [0.3, 0.4) is 0 Å². The molecular formula is C21H27F2NO3. The third kappa shape index (κ3) is 8.13. The second kappa shape index (κ2) is 11.8. The average Bonchev–Trinajstić information content (AvgIpc) is 2.65.